The van der Waals surface area contributed by atoms with Gasteiger partial charge in [-0.25, -0.2) is 9.71 Å². The third kappa shape index (κ3) is 3.54. The SMILES string of the molecule is CCN(CC)S(=O)(=O)NCCc1ncn[nH]1. The zero-order valence-electron chi connectivity index (χ0n) is 9.47. The van der Waals surface area contributed by atoms with Crippen LogP contribution in [0.25, 0.3) is 0 Å². The zero-order chi connectivity index (χ0) is 12.0. The van der Waals surface area contributed by atoms with Crippen LogP contribution in [0.2, 0.25) is 0 Å². The lowest BCUT2D eigenvalue weighted by Crippen LogP contribution is -2.41. The van der Waals surface area contributed by atoms with Crippen molar-refractivity contribution in [2.45, 2.75) is 20.3 Å². The first kappa shape index (κ1) is 13.1. The molecule has 0 atom stereocenters. The number of hydrogen-bond acceptors (Lipinski definition) is 4. The largest absolute Gasteiger partial charge is 0.279 e. The Bertz CT molecular complexity index is 385. The van der Waals surface area contributed by atoms with Crippen LogP contribution in [0.5, 0.6) is 0 Å². The Labute approximate surface area is 95.4 Å². The molecule has 0 saturated heterocycles. The molecule has 0 bridgehead atoms. The lowest BCUT2D eigenvalue weighted by atomic mass is 10.4. The van der Waals surface area contributed by atoms with Crippen LogP contribution in [0.1, 0.15) is 19.7 Å². The Hall–Kier alpha value is -0.990. The van der Waals surface area contributed by atoms with E-state index in [4.69, 9.17) is 0 Å². The van der Waals surface area contributed by atoms with E-state index in [-0.39, 0.29) is 0 Å². The molecule has 0 aliphatic rings. The van der Waals surface area contributed by atoms with E-state index in [1.807, 2.05) is 0 Å². The van der Waals surface area contributed by atoms with E-state index in [2.05, 4.69) is 19.9 Å². The average molecular weight is 247 g/mol. The maximum Gasteiger partial charge on any atom is 0.279 e. The fourth-order valence-corrected chi connectivity index (χ4v) is 2.53. The monoisotopic (exact) mass is 247 g/mol. The molecule has 92 valence electrons. The van der Waals surface area contributed by atoms with Crippen LogP contribution in [-0.2, 0) is 16.6 Å². The fourth-order valence-electron chi connectivity index (χ4n) is 1.30. The minimum Gasteiger partial charge on any atom is -0.263 e. The first-order valence-corrected chi connectivity index (χ1v) is 6.63. The molecule has 0 radical (unpaired) electrons. The van der Waals surface area contributed by atoms with Gasteiger partial charge in [-0.3, -0.25) is 5.10 Å². The number of H-pyrrole nitrogens is 1. The summed E-state index contributed by atoms with van der Waals surface area (Å²) in [5.41, 5.74) is 0. The summed E-state index contributed by atoms with van der Waals surface area (Å²) in [6.45, 7) is 4.86. The summed E-state index contributed by atoms with van der Waals surface area (Å²) in [5, 5.41) is 6.35. The Morgan fingerprint density at radius 1 is 1.44 bits per heavy atom. The summed E-state index contributed by atoms with van der Waals surface area (Å²) in [4.78, 5) is 3.91. The normalized spacial score (nSPS) is 12.2. The molecule has 7 nitrogen and oxygen atoms in total. The number of aromatic amines is 1. The van der Waals surface area contributed by atoms with Crippen molar-refractivity contribution in [3.05, 3.63) is 12.2 Å². The molecule has 0 saturated carbocycles. The highest BCUT2D eigenvalue weighted by molar-refractivity contribution is 7.87. The third-order valence-corrected chi connectivity index (χ3v) is 3.92. The van der Waals surface area contributed by atoms with E-state index in [9.17, 15) is 8.42 Å². The van der Waals surface area contributed by atoms with E-state index in [0.29, 0.717) is 31.9 Å². The van der Waals surface area contributed by atoms with E-state index in [0.717, 1.165) is 0 Å². The summed E-state index contributed by atoms with van der Waals surface area (Å²) in [7, 11) is -3.35. The van der Waals surface area contributed by atoms with Gasteiger partial charge in [0.25, 0.3) is 10.2 Å². The Kier molecular flexibility index (Phi) is 4.84. The fraction of sp³-hybridized carbons (Fsp3) is 0.750. The topological polar surface area (TPSA) is 91.0 Å². The van der Waals surface area contributed by atoms with Crippen molar-refractivity contribution in [2.75, 3.05) is 19.6 Å². The van der Waals surface area contributed by atoms with Crippen LogP contribution in [0.3, 0.4) is 0 Å². The second kappa shape index (κ2) is 5.92. The molecule has 1 aromatic heterocycles. The predicted molar refractivity (Wildman–Crippen MR) is 59.9 cm³/mol. The van der Waals surface area contributed by atoms with E-state index < -0.39 is 10.2 Å². The summed E-state index contributed by atoms with van der Waals surface area (Å²) in [6.07, 6.45) is 1.90. The van der Waals surface area contributed by atoms with Gasteiger partial charge in [0, 0.05) is 26.1 Å². The van der Waals surface area contributed by atoms with Gasteiger partial charge >= 0.3 is 0 Å². The molecule has 0 fully saturated rings. The highest BCUT2D eigenvalue weighted by atomic mass is 32.2. The van der Waals surface area contributed by atoms with Gasteiger partial charge in [0.05, 0.1) is 0 Å². The van der Waals surface area contributed by atoms with Gasteiger partial charge in [0.1, 0.15) is 12.2 Å². The first-order valence-electron chi connectivity index (χ1n) is 5.19. The summed E-state index contributed by atoms with van der Waals surface area (Å²) in [5.74, 6) is 0.669. The van der Waals surface area contributed by atoms with Gasteiger partial charge in [-0.05, 0) is 0 Å². The van der Waals surface area contributed by atoms with Crippen molar-refractivity contribution >= 4 is 10.2 Å². The zero-order valence-corrected chi connectivity index (χ0v) is 10.3. The van der Waals surface area contributed by atoms with E-state index in [1.54, 1.807) is 13.8 Å². The van der Waals surface area contributed by atoms with Crippen LogP contribution < -0.4 is 4.72 Å². The van der Waals surface area contributed by atoms with Gasteiger partial charge in [-0.15, -0.1) is 0 Å². The molecule has 1 aromatic rings. The van der Waals surface area contributed by atoms with Gasteiger partial charge in [-0.1, -0.05) is 13.8 Å². The summed E-state index contributed by atoms with van der Waals surface area (Å²) >= 11 is 0. The van der Waals surface area contributed by atoms with Gasteiger partial charge in [-0.2, -0.15) is 17.8 Å². The standard InChI is InChI=1S/C8H17N5O2S/c1-3-13(4-2)16(14,15)11-6-5-8-9-7-10-12-8/h7,11H,3-6H2,1-2H3,(H,9,10,12). The average Bonchev–Trinajstić information content (AvgIpc) is 2.71. The Balaban J connectivity index is 2.42. The lowest BCUT2D eigenvalue weighted by molar-refractivity contribution is 0.435. The van der Waals surface area contributed by atoms with Crippen LogP contribution in [0.15, 0.2) is 6.33 Å². The number of aromatic nitrogens is 3. The van der Waals surface area contributed by atoms with Gasteiger partial charge < -0.3 is 0 Å². The highest BCUT2D eigenvalue weighted by Gasteiger charge is 2.17. The second-order valence-electron chi connectivity index (χ2n) is 3.17. The van der Waals surface area contributed by atoms with Crippen molar-refractivity contribution in [2.24, 2.45) is 0 Å². The number of nitrogens with zero attached hydrogens (tertiary/aromatic N) is 3. The maximum atomic E-state index is 11.7. The summed E-state index contributed by atoms with van der Waals surface area (Å²) in [6, 6.07) is 0. The van der Waals surface area contributed by atoms with Crippen molar-refractivity contribution < 1.29 is 8.42 Å². The van der Waals surface area contributed by atoms with Crippen molar-refractivity contribution in [1.29, 1.82) is 0 Å². The molecular weight excluding hydrogens is 230 g/mol. The maximum absolute atomic E-state index is 11.7. The predicted octanol–water partition coefficient (Wildman–Crippen LogP) is -0.477. The molecule has 0 spiro atoms. The van der Waals surface area contributed by atoms with Crippen molar-refractivity contribution in [3.8, 4) is 0 Å². The minimum atomic E-state index is -3.35. The molecule has 1 heterocycles. The minimum absolute atomic E-state index is 0.314. The molecule has 0 aromatic carbocycles. The molecule has 0 amide bonds. The van der Waals surface area contributed by atoms with Crippen LogP contribution >= 0.6 is 0 Å². The molecule has 16 heavy (non-hydrogen) atoms. The Morgan fingerprint density at radius 2 is 2.12 bits per heavy atom. The third-order valence-electron chi connectivity index (χ3n) is 2.16. The van der Waals surface area contributed by atoms with Gasteiger partial charge in [0.2, 0.25) is 0 Å². The van der Waals surface area contributed by atoms with Gasteiger partial charge in [0.15, 0.2) is 0 Å². The molecule has 0 unspecified atom stereocenters. The van der Waals surface area contributed by atoms with Crippen LogP contribution in [-0.4, -0.2) is 47.5 Å². The van der Waals surface area contributed by atoms with Crippen molar-refractivity contribution in [1.82, 2.24) is 24.2 Å². The highest BCUT2D eigenvalue weighted by Crippen LogP contribution is 1.96. The lowest BCUT2D eigenvalue weighted by Gasteiger charge is -2.18. The van der Waals surface area contributed by atoms with Crippen LogP contribution in [0, 0.1) is 0 Å². The number of rotatable bonds is 7. The molecule has 0 aliphatic heterocycles. The van der Waals surface area contributed by atoms with Crippen LogP contribution in [0.4, 0.5) is 0 Å². The van der Waals surface area contributed by atoms with E-state index >= 15 is 0 Å². The molecular formula is C8H17N5O2S. The summed E-state index contributed by atoms with van der Waals surface area (Å²) < 4.78 is 27.3. The molecule has 1 rings (SSSR count). The molecule has 2 N–H and O–H groups in total. The Morgan fingerprint density at radius 3 is 2.62 bits per heavy atom. The quantitative estimate of drug-likeness (QED) is 0.681. The smallest absolute Gasteiger partial charge is 0.263 e. The van der Waals surface area contributed by atoms with Crippen molar-refractivity contribution in [3.63, 3.8) is 0 Å². The number of nitrogens with one attached hydrogen (secondary N) is 2. The second-order valence-corrected chi connectivity index (χ2v) is 4.92. The first-order chi connectivity index (χ1) is 7.60. The molecule has 8 heteroatoms. The van der Waals surface area contributed by atoms with E-state index in [1.165, 1.54) is 10.6 Å². The molecule has 0 aliphatic carbocycles. The number of hydrogen-bond donors (Lipinski definition) is 2.